The molecule has 3 heteroatoms. The minimum absolute atomic E-state index is 0.134. The van der Waals surface area contributed by atoms with Crippen LogP contribution in [0.3, 0.4) is 0 Å². The molecule has 0 radical (unpaired) electrons. The first-order valence-electron chi connectivity index (χ1n) is 10.1. The van der Waals surface area contributed by atoms with Gasteiger partial charge in [-0.3, -0.25) is 4.79 Å². The zero-order chi connectivity index (χ0) is 17.2. The van der Waals surface area contributed by atoms with Crippen molar-refractivity contribution in [1.82, 2.24) is 0 Å². The maximum atomic E-state index is 11.7. The van der Waals surface area contributed by atoms with Gasteiger partial charge in [-0.25, -0.2) is 0 Å². The monoisotopic (exact) mass is 344 g/mol. The second kappa shape index (κ2) is 18.2. The van der Waals surface area contributed by atoms with Crippen molar-refractivity contribution in [3.63, 3.8) is 0 Å². The molecule has 1 unspecified atom stereocenters. The molecule has 0 N–H and O–H groups in total. The Morgan fingerprint density at radius 2 is 1.17 bits per heavy atom. The largest absolute Gasteiger partial charge is 0.465 e. The summed E-state index contributed by atoms with van der Waals surface area (Å²) in [5.41, 5.74) is 0. The molecule has 0 aliphatic rings. The van der Waals surface area contributed by atoms with Crippen LogP contribution in [0.25, 0.3) is 0 Å². The Balaban J connectivity index is 3.24. The number of rotatable bonds is 17. The predicted octanol–water partition coefficient (Wildman–Crippen LogP) is 6.72. The van der Waals surface area contributed by atoms with Gasteiger partial charge in [0.25, 0.3) is 0 Å². The lowest BCUT2D eigenvalue weighted by Gasteiger charge is -2.10. The molecule has 0 aromatic heterocycles. The third-order valence-electron chi connectivity index (χ3n) is 4.35. The molecule has 0 fully saturated rings. The van der Waals surface area contributed by atoms with Crippen LogP contribution in [-0.4, -0.2) is 17.8 Å². The van der Waals surface area contributed by atoms with Crippen LogP contribution in [0.15, 0.2) is 0 Å². The zero-order valence-corrected chi connectivity index (χ0v) is 16.5. The smallest absolute Gasteiger partial charge is 0.318 e. The van der Waals surface area contributed by atoms with Crippen LogP contribution < -0.4 is 0 Å². The molecular formula is C20H40O2S. The number of carbonyl (C=O) groups is 1. The van der Waals surface area contributed by atoms with Crippen molar-refractivity contribution < 1.29 is 9.53 Å². The van der Waals surface area contributed by atoms with E-state index in [1.165, 1.54) is 70.6 Å². The van der Waals surface area contributed by atoms with Crippen molar-refractivity contribution in [1.29, 1.82) is 0 Å². The number of unbranched alkanes of at least 4 members (excludes halogenated alkanes) is 12. The Morgan fingerprint density at radius 1 is 0.739 bits per heavy atom. The van der Waals surface area contributed by atoms with E-state index in [-0.39, 0.29) is 11.2 Å². The summed E-state index contributed by atoms with van der Waals surface area (Å²) in [5.74, 6) is -0.134. The van der Waals surface area contributed by atoms with E-state index in [0.717, 1.165) is 25.7 Å². The normalized spacial score (nSPS) is 12.3. The Kier molecular flexibility index (Phi) is 18.0. The van der Waals surface area contributed by atoms with E-state index >= 15 is 0 Å². The minimum atomic E-state index is -0.227. The van der Waals surface area contributed by atoms with Gasteiger partial charge in [0.05, 0.1) is 11.9 Å². The fourth-order valence-electron chi connectivity index (χ4n) is 2.71. The molecule has 0 amide bonds. The summed E-state index contributed by atoms with van der Waals surface area (Å²) in [4.78, 5) is 11.7. The molecule has 0 aromatic carbocycles. The number of hydrogen-bond acceptors (Lipinski definition) is 3. The number of ether oxygens (including phenoxy) is 1. The molecule has 0 saturated heterocycles. The SMILES string of the molecule is CCCCCCCCCCCCCCC(S)C(=O)OCCCC. The lowest BCUT2D eigenvalue weighted by atomic mass is 10.0. The molecule has 0 aliphatic carbocycles. The third-order valence-corrected chi connectivity index (χ3v) is 4.81. The lowest BCUT2D eigenvalue weighted by molar-refractivity contribution is -0.143. The first-order chi connectivity index (χ1) is 11.2. The van der Waals surface area contributed by atoms with Crippen LogP contribution in [-0.2, 0) is 9.53 Å². The zero-order valence-electron chi connectivity index (χ0n) is 15.7. The second-order valence-electron chi connectivity index (χ2n) is 6.71. The van der Waals surface area contributed by atoms with Crippen LogP contribution in [0, 0.1) is 0 Å². The number of hydrogen-bond donors (Lipinski definition) is 1. The summed E-state index contributed by atoms with van der Waals surface area (Å²) < 4.78 is 5.19. The topological polar surface area (TPSA) is 26.3 Å². The van der Waals surface area contributed by atoms with E-state index in [9.17, 15) is 4.79 Å². The van der Waals surface area contributed by atoms with E-state index < -0.39 is 0 Å². The van der Waals surface area contributed by atoms with E-state index in [0.29, 0.717) is 6.61 Å². The predicted molar refractivity (Wildman–Crippen MR) is 104 cm³/mol. The highest BCUT2D eigenvalue weighted by Crippen LogP contribution is 2.15. The van der Waals surface area contributed by atoms with E-state index in [4.69, 9.17) is 4.74 Å². The second-order valence-corrected chi connectivity index (χ2v) is 7.34. The highest BCUT2D eigenvalue weighted by atomic mass is 32.1. The molecule has 0 bridgehead atoms. The standard InChI is InChI=1S/C20H40O2S/c1-3-5-7-8-9-10-11-12-13-14-15-16-17-19(23)20(21)22-18-6-4-2/h19,23H,3-18H2,1-2H3. The summed E-state index contributed by atoms with van der Waals surface area (Å²) >= 11 is 4.36. The molecule has 0 saturated carbocycles. The Bertz CT molecular complexity index is 256. The van der Waals surface area contributed by atoms with Crippen molar-refractivity contribution in [2.75, 3.05) is 6.61 Å². The Labute approximate surface area is 150 Å². The van der Waals surface area contributed by atoms with E-state index in [1.54, 1.807) is 0 Å². The first kappa shape index (κ1) is 22.8. The van der Waals surface area contributed by atoms with Crippen LogP contribution >= 0.6 is 12.6 Å². The van der Waals surface area contributed by atoms with Gasteiger partial charge in [-0.05, 0) is 12.8 Å². The summed E-state index contributed by atoms with van der Waals surface area (Å²) in [5, 5.41) is -0.227. The van der Waals surface area contributed by atoms with Gasteiger partial charge in [-0.2, -0.15) is 12.6 Å². The van der Waals surface area contributed by atoms with Crippen molar-refractivity contribution in [2.45, 2.75) is 115 Å². The van der Waals surface area contributed by atoms with Gasteiger partial charge in [-0.1, -0.05) is 97.3 Å². The van der Waals surface area contributed by atoms with Gasteiger partial charge in [0.1, 0.15) is 0 Å². The molecule has 0 rings (SSSR count). The van der Waals surface area contributed by atoms with Crippen LogP contribution in [0.2, 0.25) is 0 Å². The molecule has 0 aromatic rings. The van der Waals surface area contributed by atoms with Gasteiger partial charge in [0, 0.05) is 0 Å². The summed E-state index contributed by atoms with van der Waals surface area (Å²) in [6.07, 6.45) is 19.0. The fourth-order valence-corrected chi connectivity index (χ4v) is 2.97. The highest BCUT2D eigenvalue weighted by Gasteiger charge is 2.14. The molecule has 0 aliphatic heterocycles. The minimum Gasteiger partial charge on any atom is -0.465 e. The Morgan fingerprint density at radius 3 is 1.65 bits per heavy atom. The summed E-state index contributed by atoms with van der Waals surface area (Å²) in [6, 6.07) is 0. The van der Waals surface area contributed by atoms with Gasteiger partial charge >= 0.3 is 5.97 Å². The molecule has 138 valence electrons. The average molecular weight is 345 g/mol. The molecule has 0 spiro atoms. The maximum Gasteiger partial charge on any atom is 0.318 e. The quantitative estimate of drug-likeness (QED) is 0.180. The molecule has 2 nitrogen and oxygen atoms in total. The Hall–Kier alpha value is -0.180. The fraction of sp³-hybridized carbons (Fsp3) is 0.950. The highest BCUT2D eigenvalue weighted by molar-refractivity contribution is 7.81. The van der Waals surface area contributed by atoms with Crippen molar-refractivity contribution >= 4 is 18.6 Å². The third kappa shape index (κ3) is 16.5. The van der Waals surface area contributed by atoms with Crippen molar-refractivity contribution in [3.05, 3.63) is 0 Å². The van der Waals surface area contributed by atoms with Crippen molar-refractivity contribution in [3.8, 4) is 0 Å². The summed E-state index contributed by atoms with van der Waals surface area (Å²) in [6.45, 7) is 4.91. The van der Waals surface area contributed by atoms with Crippen LogP contribution in [0.5, 0.6) is 0 Å². The van der Waals surface area contributed by atoms with Gasteiger partial charge < -0.3 is 4.74 Å². The van der Waals surface area contributed by atoms with Gasteiger partial charge in [-0.15, -0.1) is 0 Å². The van der Waals surface area contributed by atoms with Crippen LogP contribution in [0.1, 0.15) is 110 Å². The van der Waals surface area contributed by atoms with E-state index in [2.05, 4.69) is 26.5 Å². The number of carbonyl (C=O) groups excluding carboxylic acids is 1. The molecular weight excluding hydrogens is 304 g/mol. The van der Waals surface area contributed by atoms with Crippen LogP contribution in [0.4, 0.5) is 0 Å². The molecule has 23 heavy (non-hydrogen) atoms. The average Bonchev–Trinajstić information content (AvgIpc) is 2.55. The van der Waals surface area contributed by atoms with E-state index in [1.807, 2.05) is 0 Å². The maximum absolute atomic E-state index is 11.7. The molecule has 0 heterocycles. The lowest BCUT2D eigenvalue weighted by Crippen LogP contribution is -2.18. The number of thiol groups is 1. The van der Waals surface area contributed by atoms with Gasteiger partial charge in [0.15, 0.2) is 0 Å². The van der Waals surface area contributed by atoms with Gasteiger partial charge in [0.2, 0.25) is 0 Å². The first-order valence-corrected chi connectivity index (χ1v) is 10.6. The number of esters is 1. The summed E-state index contributed by atoms with van der Waals surface area (Å²) in [7, 11) is 0. The molecule has 1 atom stereocenters. The van der Waals surface area contributed by atoms with Crippen molar-refractivity contribution in [2.24, 2.45) is 0 Å².